The Hall–Kier alpha value is -1.95. The van der Waals surface area contributed by atoms with Gasteiger partial charge in [-0.05, 0) is 26.0 Å². The summed E-state index contributed by atoms with van der Waals surface area (Å²) in [6.07, 6.45) is 0.856. The fourth-order valence-corrected chi connectivity index (χ4v) is 2.56. The van der Waals surface area contributed by atoms with Crippen LogP contribution in [0.2, 0.25) is 0 Å². The maximum atomic E-state index is 13.5. The van der Waals surface area contributed by atoms with Gasteiger partial charge >= 0.3 is 5.97 Å². The minimum atomic E-state index is -0.251. The van der Waals surface area contributed by atoms with Crippen LogP contribution in [-0.2, 0) is 16.0 Å². The molecule has 0 aliphatic carbocycles. The third-order valence-corrected chi connectivity index (χ3v) is 3.76. The SMILES string of the molecule is CCOC(=O)CCc1csc(Nc2cccc(F)c2C)n1. The van der Waals surface area contributed by atoms with Gasteiger partial charge in [0.15, 0.2) is 5.13 Å². The first kappa shape index (κ1) is 15.4. The summed E-state index contributed by atoms with van der Waals surface area (Å²) in [5, 5.41) is 5.67. The van der Waals surface area contributed by atoms with Gasteiger partial charge in [-0.1, -0.05) is 6.07 Å². The summed E-state index contributed by atoms with van der Waals surface area (Å²) < 4.78 is 18.3. The maximum Gasteiger partial charge on any atom is 0.306 e. The molecule has 0 saturated carbocycles. The number of thiazole rings is 1. The summed E-state index contributed by atoms with van der Waals surface area (Å²) in [6, 6.07) is 4.88. The molecule has 6 heteroatoms. The van der Waals surface area contributed by atoms with Gasteiger partial charge < -0.3 is 10.1 Å². The molecule has 112 valence electrons. The summed E-state index contributed by atoms with van der Waals surface area (Å²) in [4.78, 5) is 15.7. The molecule has 1 N–H and O–H groups in total. The molecule has 0 aliphatic heterocycles. The van der Waals surface area contributed by atoms with Crippen molar-refractivity contribution < 1.29 is 13.9 Å². The first-order valence-corrected chi connectivity index (χ1v) is 7.60. The number of carbonyl (C=O) groups is 1. The smallest absolute Gasteiger partial charge is 0.306 e. The van der Waals surface area contributed by atoms with Crippen molar-refractivity contribution in [1.82, 2.24) is 4.98 Å². The Morgan fingerprint density at radius 2 is 2.29 bits per heavy atom. The molecule has 0 amide bonds. The molecule has 4 nitrogen and oxygen atoms in total. The van der Waals surface area contributed by atoms with Crippen LogP contribution in [0.3, 0.4) is 0 Å². The van der Waals surface area contributed by atoms with Crippen molar-refractivity contribution in [2.24, 2.45) is 0 Å². The molecule has 21 heavy (non-hydrogen) atoms. The molecule has 0 spiro atoms. The predicted molar refractivity (Wildman–Crippen MR) is 81.5 cm³/mol. The highest BCUT2D eigenvalue weighted by Gasteiger charge is 2.08. The van der Waals surface area contributed by atoms with Crippen molar-refractivity contribution in [1.29, 1.82) is 0 Å². The number of nitrogens with zero attached hydrogens (tertiary/aromatic N) is 1. The fraction of sp³-hybridized carbons (Fsp3) is 0.333. The monoisotopic (exact) mass is 308 g/mol. The third kappa shape index (κ3) is 4.26. The lowest BCUT2D eigenvalue weighted by Gasteiger charge is -2.06. The lowest BCUT2D eigenvalue weighted by molar-refractivity contribution is -0.143. The van der Waals surface area contributed by atoms with Gasteiger partial charge in [-0.2, -0.15) is 0 Å². The first-order valence-electron chi connectivity index (χ1n) is 6.72. The third-order valence-electron chi connectivity index (χ3n) is 2.95. The number of hydrogen-bond acceptors (Lipinski definition) is 5. The van der Waals surface area contributed by atoms with E-state index in [0.717, 1.165) is 5.69 Å². The number of hydrogen-bond donors (Lipinski definition) is 1. The number of esters is 1. The van der Waals surface area contributed by atoms with Crippen molar-refractivity contribution in [2.45, 2.75) is 26.7 Å². The summed E-state index contributed by atoms with van der Waals surface area (Å²) in [7, 11) is 0. The highest BCUT2D eigenvalue weighted by molar-refractivity contribution is 7.13. The number of aryl methyl sites for hydroxylation is 1. The van der Waals surface area contributed by atoms with E-state index in [1.165, 1.54) is 17.4 Å². The Labute approximate surface area is 127 Å². The number of aromatic nitrogens is 1. The second-order valence-electron chi connectivity index (χ2n) is 4.49. The summed E-state index contributed by atoms with van der Waals surface area (Å²) in [5.74, 6) is -0.472. The van der Waals surface area contributed by atoms with Gasteiger partial charge in [-0.15, -0.1) is 11.3 Å². The minimum absolute atomic E-state index is 0.221. The average molecular weight is 308 g/mol. The highest BCUT2D eigenvalue weighted by Crippen LogP contribution is 2.25. The van der Waals surface area contributed by atoms with Crippen molar-refractivity contribution in [3.63, 3.8) is 0 Å². The van der Waals surface area contributed by atoms with Crippen molar-refractivity contribution >= 4 is 28.1 Å². The quantitative estimate of drug-likeness (QED) is 0.824. The first-order chi connectivity index (χ1) is 10.1. The number of ether oxygens (including phenoxy) is 1. The molecular formula is C15H17FN2O2S. The largest absolute Gasteiger partial charge is 0.466 e. The molecule has 0 fully saturated rings. The zero-order valence-corrected chi connectivity index (χ0v) is 12.8. The molecule has 0 unspecified atom stereocenters. The van der Waals surface area contributed by atoms with Gasteiger partial charge in [0.2, 0.25) is 0 Å². The molecule has 0 atom stereocenters. The molecule has 0 radical (unpaired) electrons. The summed E-state index contributed by atoms with van der Waals surface area (Å²) in [6.45, 7) is 3.89. The Balaban J connectivity index is 1.97. The van der Waals surface area contributed by atoms with Gasteiger partial charge in [0.05, 0.1) is 18.7 Å². The average Bonchev–Trinajstić information content (AvgIpc) is 2.90. The van der Waals surface area contributed by atoms with Crippen LogP contribution in [0.1, 0.15) is 24.6 Å². The van der Waals surface area contributed by atoms with Gasteiger partial charge in [0.1, 0.15) is 5.82 Å². The van der Waals surface area contributed by atoms with E-state index < -0.39 is 0 Å². The van der Waals surface area contributed by atoms with Crippen molar-refractivity contribution in [3.8, 4) is 0 Å². The van der Waals surface area contributed by atoms with E-state index >= 15 is 0 Å². The normalized spacial score (nSPS) is 10.4. The van der Waals surface area contributed by atoms with E-state index in [4.69, 9.17) is 4.74 Å². The van der Waals surface area contributed by atoms with E-state index in [9.17, 15) is 9.18 Å². The van der Waals surface area contributed by atoms with Crippen LogP contribution < -0.4 is 5.32 Å². The molecule has 2 rings (SSSR count). The van der Waals surface area contributed by atoms with Crippen LogP contribution in [0, 0.1) is 12.7 Å². The van der Waals surface area contributed by atoms with Gasteiger partial charge in [-0.3, -0.25) is 4.79 Å². The molecule has 1 heterocycles. The van der Waals surface area contributed by atoms with E-state index in [-0.39, 0.29) is 11.8 Å². The number of nitrogens with one attached hydrogen (secondary N) is 1. The van der Waals surface area contributed by atoms with Crippen LogP contribution >= 0.6 is 11.3 Å². The van der Waals surface area contributed by atoms with Crippen LogP contribution in [0.4, 0.5) is 15.2 Å². The Morgan fingerprint density at radius 1 is 1.48 bits per heavy atom. The zero-order chi connectivity index (χ0) is 15.2. The molecule has 0 aliphatic rings. The van der Waals surface area contributed by atoms with Crippen LogP contribution in [0.15, 0.2) is 23.6 Å². The van der Waals surface area contributed by atoms with Gasteiger partial charge in [-0.25, -0.2) is 9.37 Å². The molecule has 1 aromatic carbocycles. The highest BCUT2D eigenvalue weighted by atomic mass is 32.1. The maximum absolute atomic E-state index is 13.5. The minimum Gasteiger partial charge on any atom is -0.466 e. The lowest BCUT2D eigenvalue weighted by Crippen LogP contribution is -2.05. The van der Waals surface area contributed by atoms with Crippen LogP contribution in [-0.4, -0.2) is 17.6 Å². The summed E-state index contributed by atoms with van der Waals surface area (Å²) in [5.41, 5.74) is 2.08. The fourth-order valence-electron chi connectivity index (χ4n) is 1.80. The van der Waals surface area contributed by atoms with Gasteiger partial charge in [0.25, 0.3) is 0 Å². The number of halogens is 1. The molecule has 0 bridgehead atoms. The lowest BCUT2D eigenvalue weighted by atomic mass is 10.2. The van der Waals surface area contributed by atoms with Crippen molar-refractivity contribution in [3.05, 3.63) is 40.7 Å². The van der Waals surface area contributed by atoms with Gasteiger partial charge in [0, 0.05) is 23.1 Å². The number of rotatable bonds is 6. The zero-order valence-electron chi connectivity index (χ0n) is 12.0. The second-order valence-corrected chi connectivity index (χ2v) is 5.34. The van der Waals surface area contributed by atoms with Crippen LogP contribution in [0.5, 0.6) is 0 Å². The second kappa shape index (κ2) is 7.17. The number of carbonyl (C=O) groups excluding carboxylic acids is 1. The number of anilines is 2. The van der Waals surface area contributed by atoms with E-state index in [1.807, 2.05) is 5.38 Å². The Kier molecular flexibility index (Phi) is 5.27. The summed E-state index contributed by atoms with van der Waals surface area (Å²) >= 11 is 1.43. The standard InChI is InChI=1S/C15H17FN2O2S/c1-3-20-14(19)8-7-11-9-21-15(17-11)18-13-6-4-5-12(16)10(13)2/h4-6,9H,3,7-8H2,1-2H3,(H,17,18). The Bertz CT molecular complexity index is 628. The Morgan fingerprint density at radius 3 is 3.05 bits per heavy atom. The van der Waals surface area contributed by atoms with E-state index in [0.29, 0.717) is 35.8 Å². The van der Waals surface area contributed by atoms with Crippen LogP contribution in [0.25, 0.3) is 0 Å². The molecule has 0 saturated heterocycles. The topological polar surface area (TPSA) is 51.2 Å². The molecule has 2 aromatic rings. The van der Waals surface area contributed by atoms with E-state index in [1.54, 1.807) is 26.0 Å². The molecular weight excluding hydrogens is 291 g/mol. The van der Waals surface area contributed by atoms with E-state index in [2.05, 4.69) is 10.3 Å². The van der Waals surface area contributed by atoms with Crippen molar-refractivity contribution in [2.75, 3.05) is 11.9 Å². The predicted octanol–water partition coefficient (Wildman–Crippen LogP) is 3.83. The molecule has 1 aromatic heterocycles. The number of benzene rings is 1.